The zero-order chi connectivity index (χ0) is 24.8. The minimum Gasteiger partial charge on any atom is -0.350 e. The number of benzene rings is 2. The Morgan fingerprint density at radius 2 is 1.58 bits per heavy atom. The van der Waals surface area contributed by atoms with Gasteiger partial charge in [-0.2, -0.15) is 0 Å². The summed E-state index contributed by atoms with van der Waals surface area (Å²) in [4.78, 5) is 28.1. The molecule has 0 saturated heterocycles. The van der Waals surface area contributed by atoms with Gasteiger partial charge < -0.3 is 10.2 Å². The molecule has 6 heteroatoms. The van der Waals surface area contributed by atoms with Crippen molar-refractivity contribution < 1.29 is 9.59 Å². The van der Waals surface area contributed by atoms with Crippen molar-refractivity contribution in [3.8, 4) is 0 Å². The predicted molar refractivity (Wildman–Crippen MR) is 138 cm³/mol. The van der Waals surface area contributed by atoms with Gasteiger partial charge in [-0.25, -0.2) is 0 Å². The lowest BCUT2D eigenvalue weighted by Crippen LogP contribution is -2.53. The van der Waals surface area contributed by atoms with E-state index in [1.807, 2.05) is 33.8 Å². The summed E-state index contributed by atoms with van der Waals surface area (Å²) in [5.41, 5.74) is 2.83. The van der Waals surface area contributed by atoms with Crippen molar-refractivity contribution in [2.24, 2.45) is 0 Å². The second-order valence-electron chi connectivity index (χ2n) is 9.83. The van der Waals surface area contributed by atoms with Crippen LogP contribution < -0.4 is 5.32 Å². The van der Waals surface area contributed by atoms with E-state index in [-0.39, 0.29) is 23.9 Å². The van der Waals surface area contributed by atoms with E-state index in [1.54, 1.807) is 17.0 Å². The molecule has 0 bridgehead atoms. The fraction of sp³-hybridized carbons (Fsp3) is 0.481. The number of carbonyl (C=O) groups is 2. The lowest BCUT2D eigenvalue weighted by atomic mass is 10.00. The Morgan fingerprint density at radius 1 is 0.970 bits per heavy atom. The minimum absolute atomic E-state index is 0.0649. The summed E-state index contributed by atoms with van der Waals surface area (Å²) >= 11 is 12.3. The molecule has 0 saturated carbocycles. The molecule has 0 aliphatic rings. The third kappa shape index (κ3) is 8.35. The highest BCUT2D eigenvalue weighted by Gasteiger charge is 2.30. The first-order chi connectivity index (χ1) is 15.4. The zero-order valence-corrected chi connectivity index (χ0v) is 22.1. The first-order valence-electron chi connectivity index (χ1n) is 11.6. The Hall–Kier alpha value is -2.04. The van der Waals surface area contributed by atoms with Gasteiger partial charge in [0.2, 0.25) is 11.8 Å². The zero-order valence-electron chi connectivity index (χ0n) is 20.5. The highest BCUT2D eigenvalue weighted by atomic mass is 35.5. The monoisotopic (exact) mass is 490 g/mol. The van der Waals surface area contributed by atoms with Crippen molar-refractivity contribution in [3.63, 3.8) is 0 Å². The van der Waals surface area contributed by atoms with Crippen LogP contribution in [0, 0.1) is 0 Å². The van der Waals surface area contributed by atoms with Crippen molar-refractivity contribution in [3.05, 3.63) is 69.2 Å². The van der Waals surface area contributed by atoms with Gasteiger partial charge in [0, 0.05) is 18.5 Å². The highest BCUT2D eigenvalue weighted by molar-refractivity contribution is 6.42. The van der Waals surface area contributed by atoms with Crippen molar-refractivity contribution in [1.82, 2.24) is 10.2 Å². The summed E-state index contributed by atoms with van der Waals surface area (Å²) in [5.74, 6) is 0.249. The van der Waals surface area contributed by atoms with E-state index in [0.717, 1.165) is 11.1 Å². The molecule has 0 aliphatic heterocycles. The lowest BCUT2D eigenvalue weighted by molar-refractivity contribution is -0.142. The van der Waals surface area contributed by atoms with Crippen LogP contribution in [0.3, 0.4) is 0 Å². The van der Waals surface area contributed by atoms with Crippen LogP contribution in [-0.4, -0.2) is 28.3 Å². The van der Waals surface area contributed by atoms with Gasteiger partial charge in [0.05, 0.1) is 10.0 Å². The smallest absolute Gasteiger partial charge is 0.243 e. The standard InChI is InChI=1S/C27H36Cl2N2O2/c1-7-24(26(33)30-27(4,5)6)31(17-20-10-14-22(28)23(29)16-20)25(32)15-11-19-8-12-21(13-9-19)18(2)3/h8-10,12-14,16,18,24H,7,11,15,17H2,1-6H3,(H,30,33)/t24-/m0/s1. The molecule has 33 heavy (non-hydrogen) atoms. The van der Waals surface area contributed by atoms with E-state index in [9.17, 15) is 9.59 Å². The molecule has 2 amide bonds. The summed E-state index contributed by atoms with van der Waals surface area (Å²) in [5, 5.41) is 3.91. The van der Waals surface area contributed by atoms with Gasteiger partial charge in [-0.1, -0.05) is 74.3 Å². The first kappa shape index (κ1) is 27.2. The molecule has 2 aromatic carbocycles. The van der Waals surface area contributed by atoms with E-state index in [4.69, 9.17) is 23.2 Å². The fourth-order valence-corrected chi connectivity index (χ4v) is 3.99. The molecule has 0 unspecified atom stereocenters. The van der Waals surface area contributed by atoms with Crippen molar-refractivity contribution in [2.45, 2.75) is 84.8 Å². The van der Waals surface area contributed by atoms with Crippen LogP contribution in [0.2, 0.25) is 10.0 Å². The summed E-state index contributed by atoms with van der Waals surface area (Å²) in [6.07, 6.45) is 1.45. The Kier molecular flexibility index (Phi) is 9.81. The van der Waals surface area contributed by atoms with Gasteiger partial charge in [-0.3, -0.25) is 9.59 Å². The maximum absolute atomic E-state index is 13.4. The molecular formula is C27H36Cl2N2O2. The third-order valence-electron chi connectivity index (χ3n) is 5.49. The van der Waals surface area contributed by atoms with Gasteiger partial charge in [0.25, 0.3) is 0 Å². The summed E-state index contributed by atoms with van der Waals surface area (Å²) in [6, 6.07) is 13.1. The molecule has 2 rings (SSSR count). The number of nitrogens with zero attached hydrogens (tertiary/aromatic N) is 1. The molecule has 0 fully saturated rings. The van der Waals surface area contributed by atoms with E-state index in [2.05, 4.69) is 43.4 Å². The normalized spacial score (nSPS) is 12.5. The Morgan fingerprint density at radius 3 is 2.09 bits per heavy atom. The van der Waals surface area contributed by atoms with Crippen molar-refractivity contribution in [2.75, 3.05) is 0 Å². The molecule has 0 radical (unpaired) electrons. The maximum Gasteiger partial charge on any atom is 0.243 e. The largest absolute Gasteiger partial charge is 0.350 e. The van der Waals surface area contributed by atoms with Gasteiger partial charge in [0.15, 0.2) is 0 Å². The molecule has 4 nitrogen and oxygen atoms in total. The number of nitrogens with one attached hydrogen (secondary N) is 1. The molecule has 2 aromatic rings. The molecule has 1 atom stereocenters. The van der Waals surface area contributed by atoms with Gasteiger partial charge >= 0.3 is 0 Å². The fourth-order valence-electron chi connectivity index (χ4n) is 3.67. The Labute approximate surface area is 208 Å². The first-order valence-corrected chi connectivity index (χ1v) is 12.3. The number of carbonyl (C=O) groups excluding carboxylic acids is 2. The second-order valence-corrected chi connectivity index (χ2v) is 10.6. The van der Waals surface area contributed by atoms with Crippen LogP contribution in [0.5, 0.6) is 0 Å². The molecule has 0 aromatic heterocycles. The summed E-state index contributed by atoms with van der Waals surface area (Å²) in [6.45, 7) is 12.3. The molecule has 1 N–H and O–H groups in total. The number of aryl methyl sites for hydroxylation is 1. The van der Waals surface area contributed by atoms with Gasteiger partial charge in [-0.05, 0) is 68.4 Å². The van der Waals surface area contributed by atoms with Crippen LogP contribution in [0.1, 0.15) is 77.0 Å². The molecule has 0 heterocycles. The molecule has 0 aliphatic carbocycles. The maximum atomic E-state index is 13.4. The van der Waals surface area contributed by atoms with E-state index >= 15 is 0 Å². The number of hydrogen-bond acceptors (Lipinski definition) is 2. The quantitative estimate of drug-likeness (QED) is 0.421. The SMILES string of the molecule is CC[C@@H](C(=O)NC(C)(C)C)N(Cc1ccc(Cl)c(Cl)c1)C(=O)CCc1ccc(C(C)C)cc1. The van der Waals surface area contributed by atoms with E-state index in [0.29, 0.717) is 35.2 Å². The van der Waals surface area contributed by atoms with Crippen molar-refractivity contribution in [1.29, 1.82) is 0 Å². The Bertz CT molecular complexity index is 950. The van der Waals surface area contributed by atoms with Gasteiger partial charge in [-0.15, -0.1) is 0 Å². The molecule has 0 spiro atoms. The minimum atomic E-state index is -0.575. The number of hydrogen-bond donors (Lipinski definition) is 1. The third-order valence-corrected chi connectivity index (χ3v) is 6.23. The highest BCUT2D eigenvalue weighted by Crippen LogP contribution is 2.25. The van der Waals surface area contributed by atoms with Crippen LogP contribution in [-0.2, 0) is 22.6 Å². The number of halogens is 2. The lowest BCUT2D eigenvalue weighted by Gasteiger charge is -2.33. The number of amides is 2. The second kappa shape index (κ2) is 11.9. The van der Waals surface area contributed by atoms with Crippen molar-refractivity contribution >= 4 is 35.0 Å². The average Bonchev–Trinajstić information content (AvgIpc) is 2.73. The van der Waals surface area contributed by atoms with Crippen LogP contribution in [0.4, 0.5) is 0 Å². The van der Waals surface area contributed by atoms with E-state index < -0.39 is 6.04 Å². The van der Waals surface area contributed by atoms with Gasteiger partial charge in [0.1, 0.15) is 6.04 Å². The summed E-state index contributed by atoms with van der Waals surface area (Å²) < 4.78 is 0. The predicted octanol–water partition coefficient (Wildman–Crippen LogP) is 6.77. The van der Waals surface area contributed by atoms with Crippen LogP contribution in [0.15, 0.2) is 42.5 Å². The molecular weight excluding hydrogens is 455 g/mol. The van der Waals surface area contributed by atoms with E-state index in [1.165, 1.54) is 5.56 Å². The number of rotatable bonds is 9. The topological polar surface area (TPSA) is 49.4 Å². The van der Waals surface area contributed by atoms with Crippen LogP contribution in [0.25, 0.3) is 0 Å². The average molecular weight is 492 g/mol. The summed E-state index contributed by atoms with van der Waals surface area (Å²) in [7, 11) is 0. The Balaban J connectivity index is 2.24. The van der Waals surface area contributed by atoms with Crippen LogP contribution >= 0.6 is 23.2 Å². The molecule has 180 valence electrons.